The zero-order chi connectivity index (χ0) is 35.6. The highest BCUT2D eigenvalue weighted by molar-refractivity contribution is 6.16. The van der Waals surface area contributed by atoms with E-state index >= 15 is 0 Å². The summed E-state index contributed by atoms with van der Waals surface area (Å²) < 4.78 is 5.08. The highest BCUT2D eigenvalue weighted by Gasteiger charge is 2.25. The van der Waals surface area contributed by atoms with Gasteiger partial charge in [0.15, 0.2) is 0 Å². The number of nitrogens with zero attached hydrogens (tertiary/aromatic N) is 4. The summed E-state index contributed by atoms with van der Waals surface area (Å²) in [6.07, 6.45) is 23.8. The van der Waals surface area contributed by atoms with Gasteiger partial charge in [0.1, 0.15) is 5.84 Å². The number of fused-ring (bicyclic) bond motifs is 7. The molecule has 0 spiro atoms. The van der Waals surface area contributed by atoms with Gasteiger partial charge in [-0.3, -0.25) is 4.99 Å². The topological polar surface area (TPSA) is 48.4 Å². The van der Waals surface area contributed by atoms with Crippen molar-refractivity contribution in [2.75, 3.05) is 0 Å². The summed E-state index contributed by atoms with van der Waals surface area (Å²) in [4.78, 5) is 5.33. The zero-order valence-electron chi connectivity index (χ0n) is 30.1. The molecule has 5 nitrogen and oxygen atoms in total. The Morgan fingerprint density at radius 3 is 2.20 bits per heavy atom. The molecule has 0 amide bonds. The van der Waals surface area contributed by atoms with Gasteiger partial charge in [0.2, 0.25) is 0 Å². The first-order valence-corrected chi connectivity index (χ1v) is 19.4. The second kappa shape index (κ2) is 12.8. The standard InChI is InChI=1S/C49H40N5/c1-4-16-32(17-5-1)47-50-48(33-18-6-2-7-19-33)52-49(51-47)39-28-29-44(36-23-11-10-22-35(36)39)54-43-27-15-13-25-38(43)41-30-40-37-24-12-14-26-42(37)53(45(40)31-46(41)54)34-20-8-3-9-21-34/h1-6,8,10-14,16-18,20,22-26,28-31,47-48H,7,9,15,19,21,27H2,(H,51,52)/q-1. The minimum absolute atomic E-state index is 0.190. The maximum Gasteiger partial charge on any atom is 0.126 e. The van der Waals surface area contributed by atoms with Gasteiger partial charge in [0.25, 0.3) is 0 Å². The minimum Gasteiger partial charge on any atom is -0.613 e. The van der Waals surface area contributed by atoms with E-state index < -0.39 is 0 Å². The molecule has 0 radical (unpaired) electrons. The lowest BCUT2D eigenvalue weighted by Gasteiger charge is -2.45. The molecule has 0 saturated carbocycles. The van der Waals surface area contributed by atoms with Gasteiger partial charge < -0.3 is 19.8 Å². The first-order chi connectivity index (χ1) is 26.8. The van der Waals surface area contributed by atoms with Gasteiger partial charge in [-0.05, 0) is 98.2 Å². The summed E-state index contributed by atoms with van der Waals surface area (Å²) in [5, 5.41) is 15.3. The molecule has 2 aromatic heterocycles. The highest BCUT2D eigenvalue weighted by Crippen LogP contribution is 2.43. The van der Waals surface area contributed by atoms with Gasteiger partial charge >= 0.3 is 0 Å². The summed E-state index contributed by atoms with van der Waals surface area (Å²) in [5.74, 6) is 0.894. The lowest BCUT2D eigenvalue weighted by molar-refractivity contribution is 0.636. The molecule has 2 atom stereocenters. The summed E-state index contributed by atoms with van der Waals surface area (Å²) in [7, 11) is 0. The van der Waals surface area contributed by atoms with Crippen molar-refractivity contribution in [3.8, 4) is 5.69 Å². The maximum atomic E-state index is 5.33. The number of para-hydroxylation sites is 1. The van der Waals surface area contributed by atoms with E-state index in [1.807, 2.05) is 0 Å². The fourth-order valence-corrected chi connectivity index (χ4v) is 9.19. The van der Waals surface area contributed by atoms with E-state index in [9.17, 15) is 0 Å². The summed E-state index contributed by atoms with van der Waals surface area (Å²) >= 11 is 0. The molecule has 0 bridgehead atoms. The summed E-state index contributed by atoms with van der Waals surface area (Å²) in [6.45, 7) is 0. The monoisotopic (exact) mass is 698 g/mol. The first kappa shape index (κ1) is 31.4. The van der Waals surface area contributed by atoms with Crippen LogP contribution < -0.4 is 5.32 Å². The molecule has 1 aliphatic heterocycles. The molecule has 2 unspecified atom stereocenters. The lowest BCUT2D eigenvalue weighted by atomic mass is 9.98. The zero-order valence-corrected chi connectivity index (χ0v) is 30.1. The van der Waals surface area contributed by atoms with Crippen molar-refractivity contribution in [1.82, 2.24) is 14.5 Å². The Balaban J connectivity index is 1.13. The molecular formula is C49H40N5-. The number of rotatable bonds is 5. The molecule has 0 saturated heterocycles. The average Bonchev–Trinajstić information content (AvgIpc) is 3.75. The van der Waals surface area contributed by atoms with Crippen LogP contribution in [0.25, 0.3) is 66.3 Å². The average molecular weight is 699 g/mol. The van der Waals surface area contributed by atoms with E-state index in [4.69, 9.17) is 10.3 Å². The fourth-order valence-electron chi connectivity index (χ4n) is 9.19. The van der Waals surface area contributed by atoms with Crippen LogP contribution in [0, 0.1) is 0 Å². The fraction of sp³-hybridized carbons (Fsp3) is 0.163. The van der Waals surface area contributed by atoms with Crippen LogP contribution in [0.4, 0.5) is 0 Å². The molecule has 1 N–H and O–H groups in total. The van der Waals surface area contributed by atoms with E-state index in [0.717, 1.165) is 55.5 Å². The van der Waals surface area contributed by atoms with Crippen LogP contribution in [-0.4, -0.2) is 21.1 Å². The van der Waals surface area contributed by atoms with Gasteiger partial charge in [-0.1, -0.05) is 121 Å². The molecule has 7 aromatic rings. The Morgan fingerprint density at radius 1 is 0.611 bits per heavy atom. The number of aromatic nitrogens is 2. The molecule has 11 rings (SSSR count). The van der Waals surface area contributed by atoms with E-state index in [2.05, 4.69) is 166 Å². The number of hydrogen-bond donors (Lipinski definition) is 1. The third kappa shape index (κ3) is 4.99. The Hall–Kier alpha value is -6.17. The molecular weight excluding hydrogens is 659 g/mol. The second-order valence-electron chi connectivity index (χ2n) is 14.8. The van der Waals surface area contributed by atoms with E-state index in [1.165, 1.54) is 71.7 Å². The number of allylic oxidation sites excluding steroid dienone is 8. The van der Waals surface area contributed by atoms with Crippen molar-refractivity contribution in [3.63, 3.8) is 0 Å². The smallest absolute Gasteiger partial charge is 0.126 e. The van der Waals surface area contributed by atoms with E-state index in [1.54, 1.807) is 0 Å². The maximum absolute atomic E-state index is 5.33. The molecule has 3 heterocycles. The van der Waals surface area contributed by atoms with E-state index in [0.29, 0.717) is 0 Å². The Bertz CT molecular complexity index is 2840. The van der Waals surface area contributed by atoms with Crippen molar-refractivity contribution in [1.29, 1.82) is 0 Å². The molecule has 5 aromatic carbocycles. The van der Waals surface area contributed by atoms with Gasteiger partial charge in [0.05, 0.1) is 22.2 Å². The minimum atomic E-state index is -0.231. The number of nitrogens with one attached hydrogen (secondary N) is 1. The van der Waals surface area contributed by atoms with Crippen LogP contribution in [0.5, 0.6) is 0 Å². The van der Waals surface area contributed by atoms with Gasteiger partial charge in [-0.15, -0.1) is 0 Å². The van der Waals surface area contributed by atoms with Crippen LogP contribution in [0.3, 0.4) is 0 Å². The van der Waals surface area contributed by atoms with Crippen molar-refractivity contribution < 1.29 is 0 Å². The van der Waals surface area contributed by atoms with Crippen molar-refractivity contribution >= 4 is 61.1 Å². The number of hydrogen-bond acceptors (Lipinski definition) is 2. The van der Waals surface area contributed by atoms with Crippen molar-refractivity contribution in [2.24, 2.45) is 4.99 Å². The quantitative estimate of drug-likeness (QED) is 0.191. The second-order valence-corrected chi connectivity index (χ2v) is 14.8. The molecule has 0 fully saturated rings. The summed E-state index contributed by atoms with van der Waals surface area (Å²) in [6, 6.07) is 37.9. The molecule has 5 heteroatoms. The first-order valence-electron chi connectivity index (χ1n) is 19.4. The van der Waals surface area contributed by atoms with Crippen LogP contribution in [0.15, 0.2) is 156 Å². The van der Waals surface area contributed by atoms with Crippen LogP contribution in [-0.2, 0) is 6.42 Å². The predicted octanol–water partition coefficient (Wildman–Crippen LogP) is 12.1. The van der Waals surface area contributed by atoms with E-state index in [-0.39, 0.29) is 12.3 Å². The van der Waals surface area contributed by atoms with Gasteiger partial charge in [-0.25, -0.2) is 0 Å². The number of amidine groups is 1. The van der Waals surface area contributed by atoms with Crippen LogP contribution in [0.1, 0.15) is 60.7 Å². The Labute approximate surface area is 315 Å². The highest BCUT2D eigenvalue weighted by atomic mass is 15.3. The predicted molar refractivity (Wildman–Crippen MR) is 226 cm³/mol. The third-order valence-corrected chi connectivity index (χ3v) is 11.7. The Kier molecular flexibility index (Phi) is 7.41. The molecule has 262 valence electrons. The third-order valence-electron chi connectivity index (χ3n) is 11.7. The number of aliphatic imine (C=N–C) groups is 1. The molecule has 4 aliphatic rings. The number of benzene rings is 5. The van der Waals surface area contributed by atoms with Crippen LogP contribution >= 0.6 is 0 Å². The largest absolute Gasteiger partial charge is 0.613 e. The molecule has 54 heavy (non-hydrogen) atoms. The normalized spacial score (nSPS) is 19.6. The van der Waals surface area contributed by atoms with Crippen molar-refractivity contribution in [3.05, 3.63) is 179 Å². The Morgan fingerprint density at radius 2 is 1.37 bits per heavy atom. The SMILES string of the molecule is C1=CCCC(C2N=C(c3ccc(-n4c5c(c6cc7c8ccccc8n(C8=CC=CCC8)c7cc64)C=CCC5)c4ccccc34)NC(c3ccccc3)[N-]2)=C1. The van der Waals surface area contributed by atoms with Gasteiger partial charge in [0, 0.05) is 44.1 Å². The van der Waals surface area contributed by atoms with Crippen LogP contribution in [0.2, 0.25) is 0 Å². The molecule has 3 aliphatic carbocycles. The summed E-state index contributed by atoms with van der Waals surface area (Å²) in [5.41, 5.74) is 12.6. The van der Waals surface area contributed by atoms with Gasteiger partial charge in [-0.2, -0.15) is 0 Å². The lowest BCUT2D eigenvalue weighted by Crippen LogP contribution is -2.37. The van der Waals surface area contributed by atoms with Crippen molar-refractivity contribution in [2.45, 2.75) is 50.9 Å².